The average molecular weight is 526 g/mol. The van der Waals surface area contributed by atoms with E-state index in [0.29, 0.717) is 34.4 Å². The number of aryl methyl sites for hydroxylation is 2. The van der Waals surface area contributed by atoms with Crippen molar-refractivity contribution in [2.45, 2.75) is 32.4 Å². The van der Waals surface area contributed by atoms with Gasteiger partial charge < -0.3 is 14.6 Å². The maximum absolute atomic E-state index is 11.7. The molecule has 4 rings (SSSR count). The summed E-state index contributed by atoms with van der Waals surface area (Å²) in [5, 5.41) is 19.8. The van der Waals surface area contributed by atoms with Crippen molar-refractivity contribution >= 4 is 10.9 Å². The van der Waals surface area contributed by atoms with Gasteiger partial charge in [-0.2, -0.15) is 0 Å². The molecule has 0 aliphatic carbocycles. The average Bonchev–Trinajstić information content (AvgIpc) is 3.30. The van der Waals surface area contributed by atoms with Crippen LogP contribution in [0.4, 0.5) is 0 Å². The van der Waals surface area contributed by atoms with Gasteiger partial charge in [0.25, 0.3) is 0 Å². The molecule has 4 aromatic rings. The number of ether oxygens (including phenoxy) is 2. The molecule has 2 N–H and O–H groups in total. The number of nitrogens with zero attached hydrogens (tertiary/aromatic N) is 6. The molecule has 0 saturated heterocycles. The summed E-state index contributed by atoms with van der Waals surface area (Å²) in [6.45, 7) is 3.72. The number of para-hydroxylation sites is 1. The molecule has 3 heterocycles. The summed E-state index contributed by atoms with van der Waals surface area (Å²) in [6, 6.07) is 6.16. The minimum absolute atomic E-state index is 0.0604. The normalized spacial score (nSPS) is 12.9. The van der Waals surface area contributed by atoms with E-state index in [-0.39, 0.29) is 12.2 Å². The van der Waals surface area contributed by atoms with Crippen molar-refractivity contribution in [2.75, 3.05) is 14.2 Å². The highest BCUT2D eigenvalue weighted by molar-refractivity contribution is 7.70. The standard InChI is InChI=1S/C24H27N7O5S/c1-14-8-16(13-25-10-14)24-29-28-20(31(24)21-18(35-3)6-5-7-19(21)36-4)9-17(30-37(33)34)22(32)23-26-11-15(2)12-27-23/h5-8,10-13,17,22,32,37H,9H2,1-4H3,(H,30,33,34)/t17-,22-/m0/s1. The third kappa shape index (κ3) is 5.74. The predicted octanol–water partition coefficient (Wildman–Crippen LogP) is 1.51. The quantitative estimate of drug-likeness (QED) is 0.260. The molecule has 13 heteroatoms. The van der Waals surface area contributed by atoms with E-state index >= 15 is 0 Å². The molecule has 0 saturated carbocycles. The number of aromatic nitrogens is 6. The monoisotopic (exact) mass is 525 g/mol. The Hall–Kier alpha value is -3.94. The number of nitrogens with one attached hydrogen (secondary N) is 1. The number of methoxy groups -OCH3 is 2. The first-order valence-electron chi connectivity index (χ1n) is 11.3. The summed E-state index contributed by atoms with van der Waals surface area (Å²) >= 11 is 0. The molecule has 0 spiro atoms. The van der Waals surface area contributed by atoms with Crippen molar-refractivity contribution in [1.29, 1.82) is 0 Å². The number of pyridine rings is 1. The number of aliphatic hydroxyl groups excluding tert-OH is 1. The van der Waals surface area contributed by atoms with Gasteiger partial charge in [-0.15, -0.1) is 10.2 Å². The zero-order chi connectivity index (χ0) is 26.5. The van der Waals surface area contributed by atoms with Crippen LogP contribution in [0.3, 0.4) is 0 Å². The lowest BCUT2D eigenvalue weighted by Crippen LogP contribution is -2.37. The van der Waals surface area contributed by atoms with E-state index in [1.54, 1.807) is 47.6 Å². The second kappa shape index (κ2) is 11.4. The van der Waals surface area contributed by atoms with Crippen LogP contribution in [0.2, 0.25) is 0 Å². The summed E-state index contributed by atoms with van der Waals surface area (Å²) in [7, 11) is -0.0135. The maximum Gasteiger partial charge on any atom is 0.201 e. The van der Waals surface area contributed by atoms with Crippen LogP contribution in [0.5, 0.6) is 11.5 Å². The molecule has 0 aliphatic rings. The zero-order valence-electron chi connectivity index (χ0n) is 20.7. The zero-order valence-corrected chi connectivity index (χ0v) is 21.6. The molecule has 0 aliphatic heterocycles. The van der Waals surface area contributed by atoms with Crippen molar-refractivity contribution in [3.05, 3.63) is 71.8 Å². The molecular formula is C24H27N7O5S. The number of thiol groups is 1. The molecule has 0 radical (unpaired) electrons. The highest BCUT2D eigenvalue weighted by atomic mass is 32.2. The first kappa shape index (κ1) is 26.1. The molecule has 0 amide bonds. The fourth-order valence-electron chi connectivity index (χ4n) is 3.90. The second-order valence-electron chi connectivity index (χ2n) is 8.30. The Labute approximate surface area is 215 Å². The Morgan fingerprint density at radius 1 is 1.00 bits per heavy atom. The lowest BCUT2D eigenvalue weighted by Gasteiger charge is -2.22. The van der Waals surface area contributed by atoms with E-state index < -0.39 is 23.0 Å². The summed E-state index contributed by atoms with van der Waals surface area (Å²) < 4.78 is 38.7. The second-order valence-corrected chi connectivity index (χ2v) is 9.07. The number of hydrogen-bond acceptors (Lipinski definition) is 10. The SMILES string of the molecule is COc1cccc(OC)c1-n1c(C[C@H](N[SH](=O)=O)[C@H](O)c2ncc(C)cn2)nnc1-c1cncc(C)c1. The van der Waals surface area contributed by atoms with Gasteiger partial charge >= 0.3 is 0 Å². The van der Waals surface area contributed by atoms with Crippen LogP contribution >= 0.6 is 0 Å². The summed E-state index contributed by atoms with van der Waals surface area (Å²) in [5.74, 6) is 1.79. The third-order valence-corrected chi connectivity index (χ3v) is 6.15. The van der Waals surface area contributed by atoms with Crippen LogP contribution in [0.15, 0.2) is 49.1 Å². The number of benzene rings is 1. The van der Waals surface area contributed by atoms with Crippen molar-refractivity contribution in [3.63, 3.8) is 0 Å². The summed E-state index contributed by atoms with van der Waals surface area (Å²) in [4.78, 5) is 12.6. The van der Waals surface area contributed by atoms with Gasteiger partial charge in [0.05, 0.1) is 20.3 Å². The van der Waals surface area contributed by atoms with E-state index in [1.165, 1.54) is 14.2 Å². The van der Waals surface area contributed by atoms with Gasteiger partial charge in [-0.3, -0.25) is 9.55 Å². The first-order valence-corrected chi connectivity index (χ1v) is 12.4. The molecule has 194 valence electrons. The number of hydrogen-bond donors (Lipinski definition) is 3. The topological polar surface area (TPSA) is 154 Å². The molecule has 37 heavy (non-hydrogen) atoms. The Morgan fingerprint density at radius 3 is 2.27 bits per heavy atom. The van der Waals surface area contributed by atoms with Crippen LogP contribution in [-0.2, 0) is 17.3 Å². The van der Waals surface area contributed by atoms with E-state index in [4.69, 9.17) is 9.47 Å². The minimum atomic E-state index is -3.07. The Kier molecular flexibility index (Phi) is 8.06. The lowest BCUT2D eigenvalue weighted by atomic mass is 10.1. The van der Waals surface area contributed by atoms with Gasteiger partial charge in [-0.05, 0) is 43.2 Å². The minimum Gasteiger partial charge on any atom is -0.494 e. The third-order valence-electron chi connectivity index (χ3n) is 5.61. The molecule has 0 unspecified atom stereocenters. The molecule has 0 fully saturated rings. The number of aliphatic hydroxyl groups is 1. The van der Waals surface area contributed by atoms with E-state index in [0.717, 1.165) is 11.1 Å². The summed E-state index contributed by atoms with van der Waals surface area (Å²) in [5.41, 5.74) is 2.90. The van der Waals surface area contributed by atoms with Gasteiger partial charge in [0, 0.05) is 36.8 Å². The van der Waals surface area contributed by atoms with E-state index in [2.05, 4.69) is 29.9 Å². The highest BCUT2D eigenvalue weighted by Crippen LogP contribution is 2.36. The lowest BCUT2D eigenvalue weighted by molar-refractivity contribution is 0.129. The number of rotatable bonds is 10. The highest BCUT2D eigenvalue weighted by Gasteiger charge is 2.29. The van der Waals surface area contributed by atoms with Gasteiger partial charge in [-0.25, -0.2) is 23.1 Å². The Balaban J connectivity index is 1.88. The first-order chi connectivity index (χ1) is 17.8. The summed E-state index contributed by atoms with van der Waals surface area (Å²) in [6.07, 6.45) is 5.04. The Bertz CT molecular complexity index is 1430. The molecule has 3 aromatic heterocycles. The van der Waals surface area contributed by atoms with Crippen LogP contribution < -0.4 is 14.2 Å². The largest absolute Gasteiger partial charge is 0.494 e. The van der Waals surface area contributed by atoms with Crippen LogP contribution in [0.1, 0.15) is 28.9 Å². The van der Waals surface area contributed by atoms with Crippen molar-refractivity contribution < 1.29 is 23.0 Å². The molecule has 12 nitrogen and oxygen atoms in total. The molecule has 1 aromatic carbocycles. The van der Waals surface area contributed by atoms with Gasteiger partial charge in [0.15, 0.2) is 11.6 Å². The van der Waals surface area contributed by atoms with Crippen LogP contribution in [0, 0.1) is 13.8 Å². The van der Waals surface area contributed by atoms with Gasteiger partial charge in [-0.1, -0.05) is 6.07 Å². The molecule has 0 bridgehead atoms. The van der Waals surface area contributed by atoms with E-state index in [1.807, 2.05) is 19.9 Å². The van der Waals surface area contributed by atoms with Crippen molar-refractivity contribution in [1.82, 2.24) is 34.4 Å². The smallest absolute Gasteiger partial charge is 0.201 e. The van der Waals surface area contributed by atoms with E-state index in [9.17, 15) is 13.5 Å². The van der Waals surface area contributed by atoms with Crippen LogP contribution in [0.25, 0.3) is 17.1 Å². The predicted molar refractivity (Wildman–Crippen MR) is 135 cm³/mol. The fraction of sp³-hybridized carbons (Fsp3) is 0.292. The molecule has 2 atom stereocenters. The Morgan fingerprint density at radius 2 is 1.68 bits per heavy atom. The maximum atomic E-state index is 11.7. The van der Waals surface area contributed by atoms with Crippen molar-refractivity contribution in [2.24, 2.45) is 0 Å². The van der Waals surface area contributed by atoms with Gasteiger partial charge in [0.1, 0.15) is 29.1 Å². The van der Waals surface area contributed by atoms with Crippen LogP contribution in [-0.4, -0.2) is 63.5 Å². The fourth-order valence-corrected chi connectivity index (χ4v) is 4.40. The van der Waals surface area contributed by atoms with Crippen molar-refractivity contribution in [3.8, 4) is 28.6 Å². The van der Waals surface area contributed by atoms with Gasteiger partial charge in [0.2, 0.25) is 10.9 Å². The molecular weight excluding hydrogens is 498 g/mol.